The SMILES string of the molecule is CCCCCNC(=O)[C@H](Cc1ccc(N(C(=O)C(=O)O)c2ccccc2C(=O)O)c(/C=C/C(N)=O)c1)NC(=O)OC(C)(C)C. The molecule has 13 heteroatoms. The molecule has 0 aliphatic heterocycles. The molecule has 13 nitrogen and oxygen atoms in total. The van der Waals surface area contributed by atoms with Gasteiger partial charge in [0.25, 0.3) is 0 Å². The highest BCUT2D eigenvalue weighted by atomic mass is 16.6. The van der Waals surface area contributed by atoms with Gasteiger partial charge in [-0.2, -0.15) is 0 Å². The summed E-state index contributed by atoms with van der Waals surface area (Å²) in [5.41, 5.74) is 4.35. The van der Waals surface area contributed by atoms with Gasteiger partial charge in [-0.05, 0) is 68.7 Å². The average molecular weight is 611 g/mol. The van der Waals surface area contributed by atoms with Crippen molar-refractivity contribution in [3.63, 3.8) is 0 Å². The number of aliphatic carboxylic acids is 1. The molecule has 2 rings (SSSR count). The molecule has 2 aromatic rings. The number of hydrogen-bond acceptors (Lipinski definition) is 7. The zero-order valence-corrected chi connectivity index (χ0v) is 25.1. The number of primary amides is 1. The number of benzene rings is 2. The minimum atomic E-state index is -1.86. The van der Waals surface area contributed by atoms with Crippen molar-refractivity contribution < 1.29 is 43.7 Å². The number of nitrogens with one attached hydrogen (secondary N) is 2. The summed E-state index contributed by atoms with van der Waals surface area (Å²) in [6, 6.07) is 8.53. The van der Waals surface area contributed by atoms with Crippen LogP contribution < -0.4 is 21.3 Å². The zero-order chi connectivity index (χ0) is 33.0. The fourth-order valence-electron chi connectivity index (χ4n) is 4.14. The highest BCUT2D eigenvalue weighted by molar-refractivity contribution is 6.39. The topological polar surface area (TPSA) is 205 Å². The quantitative estimate of drug-likeness (QED) is 0.128. The predicted molar refractivity (Wildman–Crippen MR) is 162 cm³/mol. The van der Waals surface area contributed by atoms with Gasteiger partial charge in [-0.25, -0.2) is 14.4 Å². The van der Waals surface area contributed by atoms with Gasteiger partial charge in [0, 0.05) is 19.0 Å². The summed E-state index contributed by atoms with van der Waals surface area (Å²) in [7, 11) is 0. The molecule has 0 aromatic heterocycles. The number of nitrogens with zero attached hydrogens (tertiary/aromatic N) is 1. The monoisotopic (exact) mass is 610 g/mol. The van der Waals surface area contributed by atoms with Crippen molar-refractivity contribution in [2.45, 2.75) is 65.0 Å². The van der Waals surface area contributed by atoms with E-state index >= 15 is 0 Å². The number of carboxylic acid groups (broad SMARTS) is 2. The first-order valence-corrected chi connectivity index (χ1v) is 13.9. The summed E-state index contributed by atoms with van der Waals surface area (Å²) in [5, 5.41) is 24.7. The molecule has 0 heterocycles. The van der Waals surface area contributed by atoms with Gasteiger partial charge >= 0.3 is 23.9 Å². The van der Waals surface area contributed by atoms with Crippen LogP contribution in [0.1, 0.15) is 68.4 Å². The molecule has 236 valence electrons. The minimum absolute atomic E-state index is 0.0604. The van der Waals surface area contributed by atoms with E-state index in [1.165, 1.54) is 48.5 Å². The summed E-state index contributed by atoms with van der Waals surface area (Å²) in [6.45, 7) is 7.44. The Bertz CT molecular complexity index is 1430. The number of anilines is 2. The maximum Gasteiger partial charge on any atom is 0.408 e. The lowest BCUT2D eigenvalue weighted by atomic mass is 9.99. The average Bonchev–Trinajstić information content (AvgIpc) is 2.93. The lowest BCUT2D eigenvalue weighted by molar-refractivity contribution is -0.148. The third kappa shape index (κ3) is 10.6. The minimum Gasteiger partial charge on any atom is -0.478 e. The van der Waals surface area contributed by atoms with Crippen molar-refractivity contribution in [2.75, 3.05) is 11.4 Å². The molecule has 0 saturated carbocycles. The van der Waals surface area contributed by atoms with Crippen molar-refractivity contribution in [3.8, 4) is 0 Å². The van der Waals surface area contributed by atoms with Crippen LogP contribution >= 0.6 is 0 Å². The van der Waals surface area contributed by atoms with Crippen LogP contribution in [0.3, 0.4) is 0 Å². The van der Waals surface area contributed by atoms with E-state index in [2.05, 4.69) is 10.6 Å². The highest BCUT2D eigenvalue weighted by Crippen LogP contribution is 2.33. The number of unbranched alkanes of at least 4 members (excludes halogenated alkanes) is 2. The van der Waals surface area contributed by atoms with Crippen LogP contribution in [0.4, 0.5) is 16.2 Å². The van der Waals surface area contributed by atoms with Crippen LogP contribution in [0.5, 0.6) is 0 Å². The van der Waals surface area contributed by atoms with Gasteiger partial charge in [0.15, 0.2) is 0 Å². The van der Waals surface area contributed by atoms with Crippen LogP contribution in [0.25, 0.3) is 6.08 Å². The number of carbonyl (C=O) groups excluding carboxylic acids is 4. The number of alkyl carbamates (subject to hydrolysis) is 1. The second-order valence-corrected chi connectivity index (χ2v) is 10.8. The van der Waals surface area contributed by atoms with Crippen LogP contribution in [0.2, 0.25) is 0 Å². The number of hydrogen-bond donors (Lipinski definition) is 5. The van der Waals surface area contributed by atoms with E-state index in [-0.39, 0.29) is 28.9 Å². The number of para-hydroxylation sites is 1. The number of ether oxygens (including phenoxy) is 1. The van der Waals surface area contributed by atoms with Gasteiger partial charge in [0.2, 0.25) is 11.8 Å². The van der Waals surface area contributed by atoms with Crippen LogP contribution in [0.15, 0.2) is 48.5 Å². The number of carbonyl (C=O) groups is 6. The van der Waals surface area contributed by atoms with Crippen molar-refractivity contribution in [3.05, 3.63) is 65.2 Å². The Morgan fingerprint density at radius 3 is 2.27 bits per heavy atom. The van der Waals surface area contributed by atoms with E-state index in [0.29, 0.717) is 17.0 Å². The van der Waals surface area contributed by atoms with Gasteiger partial charge in [0.05, 0.1) is 16.9 Å². The Balaban J connectivity index is 2.62. The number of nitrogens with two attached hydrogens (primary N) is 1. The molecule has 0 spiro atoms. The van der Waals surface area contributed by atoms with Crippen LogP contribution in [-0.2, 0) is 30.3 Å². The fourth-order valence-corrected chi connectivity index (χ4v) is 4.14. The maximum absolute atomic E-state index is 13.1. The molecule has 44 heavy (non-hydrogen) atoms. The lowest BCUT2D eigenvalue weighted by Gasteiger charge is -2.26. The summed E-state index contributed by atoms with van der Waals surface area (Å²) in [6.07, 6.45) is 3.91. The molecule has 0 bridgehead atoms. The Morgan fingerprint density at radius 2 is 1.68 bits per heavy atom. The Labute approximate surface area is 255 Å². The molecule has 4 amide bonds. The molecular weight excluding hydrogens is 572 g/mol. The summed E-state index contributed by atoms with van der Waals surface area (Å²) >= 11 is 0. The molecule has 2 aromatic carbocycles. The van der Waals surface area contributed by atoms with Crippen molar-refractivity contribution in [1.82, 2.24) is 10.6 Å². The number of rotatable bonds is 13. The second-order valence-electron chi connectivity index (χ2n) is 10.8. The molecule has 6 N–H and O–H groups in total. The number of aromatic carboxylic acids is 1. The Morgan fingerprint density at radius 1 is 1.00 bits per heavy atom. The molecule has 0 aliphatic carbocycles. The Kier molecular flexibility index (Phi) is 12.6. The molecule has 0 aliphatic rings. The molecule has 1 atom stereocenters. The van der Waals surface area contributed by atoms with Crippen LogP contribution in [-0.4, -0.2) is 64.2 Å². The van der Waals surface area contributed by atoms with E-state index in [9.17, 15) is 39.0 Å². The molecule has 0 saturated heterocycles. The summed E-state index contributed by atoms with van der Waals surface area (Å²) in [4.78, 5) is 74.7. The third-order valence-corrected chi connectivity index (χ3v) is 6.05. The summed E-state index contributed by atoms with van der Waals surface area (Å²) in [5.74, 6) is -6.05. The van der Waals surface area contributed by atoms with E-state index < -0.39 is 47.4 Å². The summed E-state index contributed by atoms with van der Waals surface area (Å²) < 4.78 is 5.33. The molecule has 0 unspecified atom stereocenters. The van der Waals surface area contributed by atoms with Gasteiger partial charge in [-0.15, -0.1) is 0 Å². The first-order valence-electron chi connectivity index (χ1n) is 13.9. The highest BCUT2D eigenvalue weighted by Gasteiger charge is 2.30. The second kappa shape index (κ2) is 15.9. The normalized spacial score (nSPS) is 11.8. The Hall–Kier alpha value is -5.20. The lowest BCUT2D eigenvalue weighted by Crippen LogP contribution is -2.49. The van der Waals surface area contributed by atoms with Crippen LogP contribution in [0, 0.1) is 0 Å². The first kappa shape index (κ1) is 35.0. The fraction of sp³-hybridized carbons (Fsp3) is 0.355. The maximum atomic E-state index is 13.1. The zero-order valence-electron chi connectivity index (χ0n) is 25.1. The van der Waals surface area contributed by atoms with Gasteiger partial charge in [-0.3, -0.25) is 19.3 Å². The van der Waals surface area contributed by atoms with Gasteiger partial charge in [0.1, 0.15) is 11.6 Å². The molecular formula is C31H38N4O9. The molecule has 0 radical (unpaired) electrons. The number of carboxylic acids is 2. The largest absolute Gasteiger partial charge is 0.478 e. The third-order valence-electron chi connectivity index (χ3n) is 6.05. The van der Waals surface area contributed by atoms with Gasteiger partial charge < -0.3 is 31.3 Å². The van der Waals surface area contributed by atoms with E-state index in [1.807, 2.05) is 6.92 Å². The van der Waals surface area contributed by atoms with Gasteiger partial charge in [-0.1, -0.05) is 38.0 Å². The smallest absolute Gasteiger partial charge is 0.408 e. The van der Waals surface area contributed by atoms with E-state index in [0.717, 1.165) is 25.3 Å². The van der Waals surface area contributed by atoms with E-state index in [4.69, 9.17) is 10.5 Å². The predicted octanol–water partition coefficient (Wildman–Crippen LogP) is 3.37. The molecule has 0 fully saturated rings. The van der Waals surface area contributed by atoms with Crippen molar-refractivity contribution >= 4 is 53.2 Å². The van der Waals surface area contributed by atoms with Crippen molar-refractivity contribution in [2.24, 2.45) is 5.73 Å². The number of amides is 4. The van der Waals surface area contributed by atoms with Crippen molar-refractivity contribution in [1.29, 1.82) is 0 Å². The first-order chi connectivity index (χ1) is 20.6. The van der Waals surface area contributed by atoms with E-state index in [1.54, 1.807) is 20.8 Å². The standard InChI is InChI=1S/C31H38N4O9/c1-5-6-9-16-33-26(37)22(34-30(43)44-31(2,3)4)18-19-12-14-23(20(17-19)13-15-25(32)36)35(27(38)29(41)42)24-11-8-7-10-21(24)28(39)40/h7-8,10-15,17,22H,5-6,9,16,18H2,1-4H3,(H2,32,36)(H,33,37)(H,34,43)(H,39,40)(H,41,42)/b15-13+/t22-/m0/s1.